The number of anilines is 4. The average Bonchev–Trinajstić information content (AvgIpc) is 2.86. The summed E-state index contributed by atoms with van der Waals surface area (Å²) >= 11 is 0. The molecule has 3 aromatic rings. The first-order chi connectivity index (χ1) is 15.8. The van der Waals surface area contributed by atoms with Gasteiger partial charge in [0.25, 0.3) is 0 Å². The molecule has 0 aliphatic rings. The molecule has 2 aromatic carbocycles. The second-order valence-electron chi connectivity index (χ2n) is 6.76. The maximum absolute atomic E-state index is 12.2. The molecule has 0 amide bonds. The normalized spacial score (nSPS) is 10.3. The first-order valence-electron chi connectivity index (χ1n) is 9.63. The second kappa shape index (κ2) is 9.73. The minimum absolute atomic E-state index is 0.0521. The van der Waals surface area contributed by atoms with Gasteiger partial charge in [-0.25, -0.2) is 19.6 Å². The third kappa shape index (κ3) is 4.42. The molecule has 0 spiro atoms. The first-order valence-corrected chi connectivity index (χ1v) is 9.63. The van der Waals surface area contributed by atoms with E-state index in [-0.39, 0.29) is 22.8 Å². The summed E-state index contributed by atoms with van der Waals surface area (Å²) in [6.45, 7) is 0. The van der Waals surface area contributed by atoms with Crippen LogP contribution in [0.25, 0.3) is 0 Å². The number of nitro groups is 1. The number of para-hydroxylation sites is 2. The monoisotopic (exact) mass is 451 g/mol. The number of esters is 2. The number of aromatic nitrogens is 2. The van der Waals surface area contributed by atoms with Crippen molar-refractivity contribution in [2.24, 2.45) is 0 Å². The summed E-state index contributed by atoms with van der Waals surface area (Å²) in [6, 6.07) is 13.0. The van der Waals surface area contributed by atoms with Crippen molar-refractivity contribution in [2.75, 3.05) is 38.1 Å². The molecule has 0 saturated heterocycles. The summed E-state index contributed by atoms with van der Waals surface area (Å²) in [4.78, 5) is 47.0. The Morgan fingerprint density at radius 3 is 1.58 bits per heavy atom. The number of carbonyl (C=O) groups excluding carboxylic acids is 2. The fourth-order valence-corrected chi connectivity index (χ4v) is 3.34. The highest BCUT2D eigenvalue weighted by atomic mass is 16.6. The third-order valence-corrected chi connectivity index (χ3v) is 4.94. The molecule has 0 saturated carbocycles. The highest BCUT2D eigenvalue weighted by Gasteiger charge is 2.31. The fraction of sp³-hybridized carbons (Fsp3) is 0.182. The van der Waals surface area contributed by atoms with Gasteiger partial charge in [0, 0.05) is 14.1 Å². The van der Waals surface area contributed by atoms with Crippen molar-refractivity contribution in [3.63, 3.8) is 0 Å². The van der Waals surface area contributed by atoms with Crippen LogP contribution in [0, 0.1) is 10.1 Å². The summed E-state index contributed by atoms with van der Waals surface area (Å²) in [5.41, 5.74) is 0.717. The number of nitrogens with zero attached hydrogens (tertiary/aromatic N) is 5. The Kier molecular flexibility index (Phi) is 6.82. The quantitative estimate of drug-likeness (QED) is 0.299. The van der Waals surface area contributed by atoms with Crippen LogP contribution in [-0.4, -0.2) is 55.1 Å². The molecule has 170 valence electrons. The van der Waals surface area contributed by atoms with Crippen LogP contribution in [0.15, 0.2) is 54.9 Å². The Bertz CT molecular complexity index is 1130. The molecule has 0 fully saturated rings. The lowest BCUT2D eigenvalue weighted by atomic mass is 10.1. The molecule has 1 heterocycles. The van der Waals surface area contributed by atoms with Crippen molar-refractivity contribution in [3.8, 4) is 0 Å². The number of methoxy groups -OCH3 is 2. The molecule has 0 unspecified atom stereocenters. The van der Waals surface area contributed by atoms with Crippen LogP contribution in [0.4, 0.5) is 28.7 Å². The molecule has 33 heavy (non-hydrogen) atoms. The Labute approximate surface area is 189 Å². The van der Waals surface area contributed by atoms with E-state index in [0.717, 1.165) is 0 Å². The fourth-order valence-electron chi connectivity index (χ4n) is 3.34. The van der Waals surface area contributed by atoms with E-state index in [9.17, 15) is 19.7 Å². The lowest BCUT2D eigenvalue weighted by molar-refractivity contribution is -0.383. The van der Waals surface area contributed by atoms with Gasteiger partial charge in [-0.15, -0.1) is 0 Å². The number of rotatable bonds is 7. The van der Waals surface area contributed by atoms with Gasteiger partial charge in [0.05, 0.1) is 41.6 Å². The molecule has 1 aromatic heterocycles. The van der Waals surface area contributed by atoms with Crippen LogP contribution in [0.2, 0.25) is 0 Å². The summed E-state index contributed by atoms with van der Waals surface area (Å²) in [5.74, 6) is -1.30. The van der Waals surface area contributed by atoms with Gasteiger partial charge in [0.15, 0.2) is 0 Å². The van der Waals surface area contributed by atoms with Gasteiger partial charge in [-0.3, -0.25) is 10.1 Å². The summed E-state index contributed by atoms with van der Waals surface area (Å²) < 4.78 is 9.64. The zero-order valence-electron chi connectivity index (χ0n) is 18.4. The van der Waals surface area contributed by atoms with Crippen LogP contribution < -0.4 is 9.80 Å². The Morgan fingerprint density at radius 2 is 1.21 bits per heavy atom. The molecule has 0 aliphatic carbocycles. The van der Waals surface area contributed by atoms with Gasteiger partial charge in [-0.05, 0) is 24.3 Å². The number of hydrogen-bond acceptors (Lipinski definition) is 10. The van der Waals surface area contributed by atoms with Crippen LogP contribution in [0.3, 0.4) is 0 Å². The first kappa shape index (κ1) is 23.1. The molecule has 0 N–H and O–H groups in total. The van der Waals surface area contributed by atoms with Gasteiger partial charge in [0.2, 0.25) is 11.6 Å². The van der Waals surface area contributed by atoms with E-state index in [0.29, 0.717) is 11.4 Å². The molecule has 0 bridgehead atoms. The highest BCUT2D eigenvalue weighted by molar-refractivity contribution is 5.98. The zero-order valence-corrected chi connectivity index (χ0v) is 18.4. The van der Waals surface area contributed by atoms with Gasteiger partial charge in [-0.1, -0.05) is 24.3 Å². The van der Waals surface area contributed by atoms with E-state index in [4.69, 9.17) is 9.47 Å². The van der Waals surface area contributed by atoms with Gasteiger partial charge in [-0.2, -0.15) is 0 Å². The second-order valence-corrected chi connectivity index (χ2v) is 6.76. The van der Waals surface area contributed by atoms with E-state index < -0.39 is 22.5 Å². The maximum atomic E-state index is 12.2. The number of hydrogen-bond donors (Lipinski definition) is 0. The van der Waals surface area contributed by atoms with Crippen LogP contribution >= 0.6 is 0 Å². The summed E-state index contributed by atoms with van der Waals surface area (Å²) in [5, 5.41) is 12.2. The number of carbonyl (C=O) groups is 2. The van der Waals surface area contributed by atoms with Gasteiger partial charge in [0.1, 0.15) is 6.33 Å². The standard InChI is InChI=1S/C22H21N5O6/c1-25(16-11-7-5-9-14(16)21(28)32-3)19-18(27(30)31)20(24-13-23-19)26(2)17-12-8-6-10-15(17)22(29)33-4/h5-13H,1-4H3. The highest BCUT2D eigenvalue weighted by Crippen LogP contribution is 2.40. The minimum atomic E-state index is -0.612. The predicted molar refractivity (Wildman–Crippen MR) is 120 cm³/mol. The molecular weight excluding hydrogens is 430 g/mol. The zero-order chi connectivity index (χ0) is 24.1. The van der Waals surface area contributed by atoms with Crippen molar-refractivity contribution in [3.05, 3.63) is 76.1 Å². The molecule has 3 rings (SSSR count). The lowest BCUT2D eigenvalue weighted by Crippen LogP contribution is -2.21. The number of ether oxygens (including phenoxy) is 2. The van der Waals surface area contributed by atoms with E-state index in [2.05, 4.69) is 9.97 Å². The van der Waals surface area contributed by atoms with Crippen molar-refractivity contribution in [2.45, 2.75) is 0 Å². The van der Waals surface area contributed by atoms with Gasteiger partial charge < -0.3 is 19.3 Å². The van der Waals surface area contributed by atoms with Gasteiger partial charge >= 0.3 is 17.6 Å². The summed E-state index contributed by atoms with van der Waals surface area (Å²) in [7, 11) is 5.59. The maximum Gasteiger partial charge on any atom is 0.354 e. The molecule has 0 radical (unpaired) electrons. The average molecular weight is 451 g/mol. The molecule has 11 nitrogen and oxygen atoms in total. The van der Waals surface area contributed by atoms with Crippen LogP contribution in [0.1, 0.15) is 20.7 Å². The minimum Gasteiger partial charge on any atom is -0.465 e. The predicted octanol–water partition coefficient (Wildman–Crippen LogP) is 3.49. The Hall–Kier alpha value is -4.54. The van der Waals surface area contributed by atoms with E-state index in [1.165, 1.54) is 30.3 Å². The molecule has 11 heteroatoms. The topological polar surface area (TPSA) is 128 Å². The van der Waals surface area contributed by atoms with E-state index in [1.807, 2.05) is 0 Å². The van der Waals surface area contributed by atoms with E-state index >= 15 is 0 Å². The van der Waals surface area contributed by atoms with Crippen molar-refractivity contribution in [1.82, 2.24) is 9.97 Å². The largest absolute Gasteiger partial charge is 0.465 e. The van der Waals surface area contributed by atoms with Crippen molar-refractivity contribution >= 4 is 40.6 Å². The van der Waals surface area contributed by atoms with E-state index in [1.54, 1.807) is 62.6 Å². The SMILES string of the molecule is COC(=O)c1ccccc1N(C)c1ncnc(N(C)c2ccccc2C(=O)OC)c1[N+](=O)[O-]. The molecule has 0 aliphatic heterocycles. The summed E-state index contributed by atoms with van der Waals surface area (Å²) in [6.07, 6.45) is 1.17. The third-order valence-electron chi connectivity index (χ3n) is 4.94. The number of benzene rings is 2. The van der Waals surface area contributed by atoms with Crippen LogP contribution in [0.5, 0.6) is 0 Å². The van der Waals surface area contributed by atoms with Crippen LogP contribution in [-0.2, 0) is 9.47 Å². The Morgan fingerprint density at radius 1 is 0.818 bits per heavy atom. The molecule has 0 atom stereocenters. The molecular formula is C22H21N5O6. The van der Waals surface area contributed by atoms with Crippen molar-refractivity contribution in [1.29, 1.82) is 0 Å². The smallest absolute Gasteiger partial charge is 0.354 e. The lowest BCUT2D eigenvalue weighted by Gasteiger charge is -2.24. The van der Waals surface area contributed by atoms with Crippen molar-refractivity contribution < 1.29 is 24.0 Å². The Balaban J connectivity index is 2.17.